The summed E-state index contributed by atoms with van der Waals surface area (Å²) in [7, 11) is -3.55. The van der Waals surface area contributed by atoms with Gasteiger partial charge < -0.3 is 9.42 Å². The van der Waals surface area contributed by atoms with Gasteiger partial charge in [0.25, 0.3) is 0 Å². The zero-order valence-electron chi connectivity index (χ0n) is 14.1. The molecule has 0 radical (unpaired) electrons. The molecule has 1 aliphatic rings. The number of piperazine rings is 1. The Morgan fingerprint density at radius 3 is 2.50 bits per heavy atom. The number of sulfonamides is 1. The number of aromatic nitrogens is 3. The molecule has 0 spiro atoms. The maximum Gasteiger partial charge on any atom is 0.244 e. The molecule has 4 heterocycles. The monoisotopic (exact) mass is 391 g/mol. The highest BCUT2D eigenvalue weighted by molar-refractivity contribution is 7.89. The van der Waals surface area contributed by atoms with E-state index in [0.717, 1.165) is 9.75 Å². The van der Waals surface area contributed by atoms with Crippen molar-refractivity contribution in [3.05, 3.63) is 41.7 Å². The largest absolute Gasteiger partial charge is 0.355 e. The first-order valence-electron chi connectivity index (χ1n) is 8.09. The lowest BCUT2D eigenvalue weighted by Crippen LogP contribution is -2.49. The lowest BCUT2D eigenvalue weighted by atomic mass is 10.3. The van der Waals surface area contributed by atoms with E-state index in [9.17, 15) is 8.42 Å². The van der Waals surface area contributed by atoms with Gasteiger partial charge in [-0.3, -0.25) is 0 Å². The fourth-order valence-electron chi connectivity index (χ4n) is 2.91. The summed E-state index contributed by atoms with van der Waals surface area (Å²) >= 11 is 1.39. The van der Waals surface area contributed by atoms with Gasteiger partial charge in [-0.25, -0.2) is 18.4 Å². The molecule has 8 nitrogen and oxygen atoms in total. The summed E-state index contributed by atoms with van der Waals surface area (Å²) in [6, 6.07) is 5.15. The van der Waals surface area contributed by atoms with Crippen molar-refractivity contribution in [3.8, 4) is 10.6 Å². The normalized spacial score (nSPS) is 16.1. The topological polar surface area (TPSA) is 92.4 Å². The van der Waals surface area contributed by atoms with Gasteiger partial charge in [0.15, 0.2) is 5.76 Å². The van der Waals surface area contributed by atoms with Crippen LogP contribution in [0.4, 0.5) is 5.95 Å². The minimum absolute atomic E-state index is 0.332. The first-order chi connectivity index (χ1) is 12.6. The van der Waals surface area contributed by atoms with Crippen molar-refractivity contribution < 1.29 is 12.9 Å². The van der Waals surface area contributed by atoms with Gasteiger partial charge in [-0.2, -0.15) is 4.31 Å². The van der Waals surface area contributed by atoms with Crippen LogP contribution in [0.25, 0.3) is 10.6 Å². The van der Waals surface area contributed by atoms with Crippen LogP contribution in [0.1, 0.15) is 4.88 Å². The van der Waals surface area contributed by atoms with E-state index in [2.05, 4.69) is 15.1 Å². The summed E-state index contributed by atoms with van der Waals surface area (Å²) in [6.07, 6.45) is 4.92. The molecule has 3 aromatic heterocycles. The third kappa shape index (κ3) is 3.11. The molecule has 4 rings (SSSR count). The molecule has 26 heavy (non-hydrogen) atoms. The van der Waals surface area contributed by atoms with E-state index < -0.39 is 10.0 Å². The van der Waals surface area contributed by atoms with E-state index in [0.29, 0.717) is 42.8 Å². The molecule has 10 heteroatoms. The molecule has 0 aliphatic carbocycles. The molecule has 3 aromatic rings. The Morgan fingerprint density at radius 1 is 1.12 bits per heavy atom. The molecular weight excluding hydrogens is 374 g/mol. The van der Waals surface area contributed by atoms with E-state index in [1.165, 1.54) is 15.6 Å². The van der Waals surface area contributed by atoms with E-state index in [-0.39, 0.29) is 0 Å². The SMILES string of the molecule is Cc1sc(-c2ccno2)cc1S(=O)(=O)N1CCN(c2ncccn2)CC1. The summed E-state index contributed by atoms with van der Waals surface area (Å²) in [5, 5.41) is 3.68. The Kier molecular flexibility index (Phi) is 4.47. The summed E-state index contributed by atoms with van der Waals surface area (Å²) < 4.78 is 32.8. The lowest BCUT2D eigenvalue weighted by molar-refractivity contribution is 0.382. The number of thiophene rings is 1. The zero-order chi connectivity index (χ0) is 18.1. The third-order valence-corrected chi connectivity index (χ3v) is 7.46. The van der Waals surface area contributed by atoms with E-state index in [1.807, 2.05) is 11.8 Å². The van der Waals surface area contributed by atoms with Crippen molar-refractivity contribution >= 4 is 27.3 Å². The Hall–Kier alpha value is -2.30. The zero-order valence-corrected chi connectivity index (χ0v) is 15.7. The Morgan fingerprint density at radius 2 is 1.85 bits per heavy atom. The minimum Gasteiger partial charge on any atom is -0.355 e. The molecule has 0 N–H and O–H groups in total. The molecule has 1 fully saturated rings. The van der Waals surface area contributed by atoms with Gasteiger partial charge in [0, 0.05) is 49.5 Å². The predicted molar refractivity (Wildman–Crippen MR) is 97.6 cm³/mol. The van der Waals surface area contributed by atoms with Crippen molar-refractivity contribution in [1.29, 1.82) is 0 Å². The number of hydrogen-bond donors (Lipinski definition) is 0. The first-order valence-corrected chi connectivity index (χ1v) is 10.3. The Bertz CT molecular complexity index is 978. The molecule has 1 aliphatic heterocycles. The van der Waals surface area contributed by atoms with Gasteiger partial charge in [0.1, 0.15) is 0 Å². The number of aryl methyl sites for hydroxylation is 1. The van der Waals surface area contributed by atoms with Crippen LogP contribution in [0.15, 0.2) is 46.2 Å². The molecule has 0 bridgehead atoms. The summed E-state index contributed by atoms with van der Waals surface area (Å²) in [4.78, 5) is 12.3. The van der Waals surface area contributed by atoms with Gasteiger partial charge in [0.2, 0.25) is 16.0 Å². The molecule has 0 saturated carbocycles. The minimum atomic E-state index is -3.55. The molecule has 0 unspecified atom stereocenters. The van der Waals surface area contributed by atoms with Gasteiger partial charge >= 0.3 is 0 Å². The van der Waals surface area contributed by atoms with E-state index in [1.54, 1.807) is 36.8 Å². The van der Waals surface area contributed by atoms with Crippen molar-refractivity contribution in [1.82, 2.24) is 19.4 Å². The highest BCUT2D eigenvalue weighted by Crippen LogP contribution is 2.35. The Labute approximate surface area is 155 Å². The Balaban J connectivity index is 1.53. The standard InChI is InChI=1S/C16H17N5O3S2/c1-12-15(11-14(25-12)13-3-6-19-24-13)26(22,23)21-9-7-20(8-10-21)16-17-4-2-5-18-16/h2-6,11H,7-10H2,1H3. The molecule has 0 amide bonds. The van der Waals surface area contributed by atoms with Crippen LogP contribution in [-0.2, 0) is 10.0 Å². The third-order valence-electron chi connectivity index (χ3n) is 4.24. The van der Waals surface area contributed by atoms with Crippen molar-refractivity contribution in [3.63, 3.8) is 0 Å². The molecule has 1 saturated heterocycles. The average Bonchev–Trinajstić information content (AvgIpc) is 3.32. The van der Waals surface area contributed by atoms with Gasteiger partial charge in [-0.1, -0.05) is 5.16 Å². The summed E-state index contributed by atoms with van der Waals surface area (Å²) in [5.74, 6) is 1.20. The van der Waals surface area contributed by atoms with Crippen LogP contribution in [-0.4, -0.2) is 54.0 Å². The number of rotatable bonds is 4. The van der Waals surface area contributed by atoms with Crippen LogP contribution in [0.2, 0.25) is 0 Å². The molecular formula is C16H17N5O3S2. The van der Waals surface area contributed by atoms with E-state index in [4.69, 9.17) is 4.52 Å². The van der Waals surface area contributed by atoms with Crippen LogP contribution < -0.4 is 4.90 Å². The predicted octanol–water partition coefficient (Wildman–Crippen LogP) is 2.01. The van der Waals surface area contributed by atoms with Gasteiger partial charge in [-0.05, 0) is 19.1 Å². The van der Waals surface area contributed by atoms with Gasteiger partial charge in [-0.15, -0.1) is 11.3 Å². The highest BCUT2D eigenvalue weighted by Gasteiger charge is 2.31. The van der Waals surface area contributed by atoms with Crippen LogP contribution in [0, 0.1) is 6.92 Å². The maximum atomic E-state index is 13.1. The summed E-state index contributed by atoms with van der Waals surface area (Å²) in [5.41, 5.74) is 0. The second kappa shape index (κ2) is 6.78. The van der Waals surface area contributed by atoms with Crippen LogP contribution in [0.3, 0.4) is 0 Å². The average molecular weight is 391 g/mol. The van der Waals surface area contributed by atoms with Crippen LogP contribution in [0.5, 0.6) is 0 Å². The molecule has 0 aromatic carbocycles. The molecule has 136 valence electrons. The molecule has 0 atom stereocenters. The van der Waals surface area contributed by atoms with Crippen molar-refractivity contribution in [2.45, 2.75) is 11.8 Å². The highest BCUT2D eigenvalue weighted by atomic mass is 32.2. The van der Waals surface area contributed by atoms with Gasteiger partial charge in [0.05, 0.1) is 16.0 Å². The second-order valence-electron chi connectivity index (χ2n) is 5.85. The number of nitrogens with zero attached hydrogens (tertiary/aromatic N) is 5. The van der Waals surface area contributed by atoms with E-state index >= 15 is 0 Å². The smallest absolute Gasteiger partial charge is 0.244 e. The number of anilines is 1. The lowest BCUT2D eigenvalue weighted by Gasteiger charge is -2.33. The first kappa shape index (κ1) is 17.1. The fourth-order valence-corrected chi connectivity index (χ4v) is 5.85. The maximum absolute atomic E-state index is 13.1. The van der Waals surface area contributed by atoms with Crippen molar-refractivity contribution in [2.75, 3.05) is 31.1 Å². The van der Waals surface area contributed by atoms with Crippen molar-refractivity contribution in [2.24, 2.45) is 0 Å². The summed E-state index contributed by atoms with van der Waals surface area (Å²) in [6.45, 7) is 3.72. The van der Waals surface area contributed by atoms with Crippen LogP contribution >= 0.6 is 11.3 Å². The quantitative estimate of drug-likeness (QED) is 0.672. The fraction of sp³-hybridized carbons (Fsp3) is 0.312. The number of hydrogen-bond acceptors (Lipinski definition) is 8. The second-order valence-corrected chi connectivity index (χ2v) is 9.01.